The first-order valence-electron chi connectivity index (χ1n) is 7.42. The van der Waals surface area contributed by atoms with E-state index in [9.17, 15) is 4.79 Å². The van der Waals surface area contributed by atoms with Gasteiger partial charge in [-0.2, -0.15) is 4.57 Å². The van der Waals surface area contributed by atoms with Crippen LogP contribution in [-0.4, -0.2) is 4.40 Å². The molecule has 1 atom stereocenters. The average molecular weight is 277 g/mol. The van der Waals surface area contributed by atoms with Crippen molar-refractivity contribution in [3.63, 3.8) is 0 Å². The third kappa shape index (κ3) is 1.54. The molecule has 4 rings (SSSR count). The van der Waals surface area contributed by atoms with Gasteiger partial charge in [0.1, 0.15) is 5.52 Å². The molecule has 1 aromatic carbocycles. The van der Waals surface area contributed by atoms with Crippen LogP contribution in [-0.2, 0) is 0 Å². The Bertz CT molecular complexity index is 1020. The molecule has 0 radical (unpaired) electrons. The zero-order valence-electron chi connectivity index (χ0n) is 12.2. The van der Waals surface area contributed by atoms with Gasteiger partial charge in [-0.1, -0.05) is 25.1 Å². The zero-order valence-corrected chi connectivity index (χ0v) is 12.2. The summed E-state index contributed by atoms with van der Waals surface area (Å²) >= 11 is 0. The number of benzene rings is 1. The van der Waals surface area contributed by atoms with Gasteiger partial charge in [0.15, 0.2) is 12.2 Å². The molecule has 0 saturated carbocycles. The molecule has 0 saturated heterocycles. The van der Waals surface area contributed by atoms with Crippen molar-refractivity contribution >= 4 is 27.3 Å². The quantitative estimate of drug-likeness (QED) is 0.516. The van der Waals surface area contributed by atoms with E-state index < -0.39 is 0 Å². The number of hydrogen-bond donors (Lipinski definition) is 0. The number of hydrogen-bond acceptors (Lipinski definition) is 1. The zero-order chi connectivity index (χ0) is 14.6. The van der Waals surface area contributed by atoms with Crippen LogP contribution in [0, 0.1) is 0 Å². The highest BCUT2D eigenvalue weighted by molar-refractivity contribution is 6.11. The molecule has 3 nitrogen and oxygen atoms in total. The van der Waals surface area contributed by atoms with Crippen LogP contribution in [0.25, 0.3) is 27.3 Å². The third-order valence-corrected chi connectivity index (χ3v) is 4.51. The third-order valence-electron chi connectivity index (χ3n) is 4.51. The van der Waals surface area contributed by atoms with E-state index in [0.29, 0.717) is 6.04 Å². The van der Waals surface area contributed by atoms with E-state index in [4.69, 9.17) is 0 Å². The standard InChI is InChI=1S/C18H17N2O/c1-3-12(2)19-11-10-14-13-6-4-5-7-15(13)20-17(21)9-8-16(19)18(14)20/h4-12H,3H2,1-2H3/q+1. The number of rotatable bonds is 2. The molecule has 0 amide bonds. The van der Waals surface area contributed by atoms with Gasteiger partial charge in [-0.3, -0.25) is 9.20 Å². The lowest BCUT2D eigenvalue weighted by atomic mass is 10.1. The fraction of sp³-hybridized carbons (Fsp3) is 0.222. The van der Waals surface area contributed by atoms with Crippen LogP contribution in [0.1, 0.15) is 26.3 Å². The molecule has 104 valence electrons. The summed E-state index contributed by atoms with van der Waals surface area (Å²) in [4.78, 5) is 12.4. The Morgan fingerprint density at radius 1 is 1.10 bits per heavy atom. The first-order valence-corrected chi connectivity index (χ1v) is 7.42. The smallest absolute Gasteiger partial charge is 0.256 e. The SMILES string of the molecule is CCC(C)[n+]1ccc2c3ccccc3n3c(=O)ccc1c23. The van der Waals surface area contributed by atoms with Gasteiger partial charge in [0, 0.05) is 35.4 Å². The lowest BCUT2D eigenvalue weighted by Gasteiger charge is -2.07. The van der Waals surface area contributed by atoms with Crippen LogP contribution in [0.15, 0.2) is 53.5 Å². The van der Waals surface area contributed by atoms with E-state index in [1.54, 1.807) is 6.07 Å². The molecule has 3 heterocycles. The summed E-state index contributed by atoms with van der Waals surface area (Å²) in [5.41, 5.74) is 3.18. The minimum atomic E-state index is 0.0376. The topological polar surface area (TPSA) is 25.4 Å². The van der Waals surface area contributed by atoms with E-state index in [2.05, 4.69) is 36.7 Å². The molecule has 0 fully saturated rings. The summed E-state index contributed by atoms with van der Waals surface area (Å²) in [7, 11) is 0. The van der Waals surface area contributed by atoms with Gasteiger partial charge in [0.25, 0.3) is 5.56 Å². The summed E-state index contributed by atoms with van der Waals surface area (Å²) < 4.78 is 4.11. The van der Waals surface area contributed by atoms with Crippen LogP contribution < -0.4 is 10.1 Å². The Kier molecular flexibility index (Phi) is 2.52. The molecule has 0 aliphatic heterocycles. The molecule has 0 aliphatic rings. The van der Waals surface area contributed by atoms with Crippen molar-refractivity contribution in [3.05, 3.63) is 59.0 Å². The van der Waals surface area contributed by atoms with Gasteiger partial charge in [0.05, 0.1) is 5.52 Å². The minimum absolute atomic E-state index is 0.0376. The van der Waals surface area contributed by atoms with E-state index >= 15 is 0 Å². The Morgan fingerprint density at radius 3 is 2.71 bits per heavy atom. The lowest BCUT2D eigenvalue weighted by molar-refractivity contribution is -0.695. The molecule has 3 aromatic heterocycles. The maximum Gasteiger partial charge on any atom is 0.256 e. The van der Waals surface area contributed by atoms with E-state index in [-0.39, 0.29) is 5.56 Å². The van der Waals surface area contributed by atoms with Crippen molar-refractivity contribution < 1.29 is 4.57 Å². The van der Waals surface area contributed by atoms with E-state index in [1.807, 2.05) is 28.7 Å². The summed E-state index contributed by atoms with van der Waals surface area (Å²) in [6.45, 7) is 4.39. The van der Waals surface area contributed by atoms with Crippen molar-refractivity contribution in [2.45, 2.75) is 26.3 Å². The molecule has 21 heavy (non-hydrogen) atoms. The van der Waals surface area contributed by atoms with Crippen LogP contribution in [0.5, 0.6) is 0 Å². The number of aromatic nitrogens is 2. The fourth-order valence-electron chi connectivity index (χ4n) is 3.24. The van der Waals surface area contributed by atoms with Crippen LogP contribution in [0.4, 0.5) is 0 Å². The fourth-order valence-corrected chi connectivity index (χ4v) is 3.24. The number of pyridine rings is 2. The first-order chi connectivity index (χ1) is 10.2. The van der Waals surface area contributed by atoms with Crippen molar-refractivity contribution in [1.82, 2.24) is 4.40 Å². The van der Waals surface area contributed by atoms with Crippen molar-refractivity contribution in [2.75, 3.05) is 0 Å². The maximum absolute atomic E-state index is 12.4. The average Bonchev–Trinajstić information content (AvgIpc) is 2.86. The summed E-state index contributed by atoms with van der Waals surface area (Å²) in [6.07, 6.45) is 3.20. The van der Waals surface area contributed by atoms with Crippen molar-refractivity contribution in [3.8, 4) is 0 Å². The van der Waals surface area contributed by atoms with Gasteiger partial charge in [0.2, 0.25) is 5.52 Å². The van der Waals surface area contributed by atoms with Gasteiger partial charge in [-0.05, 0) is 13.0 Å². The monoisotopic (exact) mass is 277 g/mol. The Morgan fingerprint density at radius 2 is 1.90 bits per heavy atom. The minimum Gasteiger partial charge on any atom is -0.270 e. The first kappa shape index (κ1) is 12.3. The molecule has 0 N–H and O–H groups in total. The Labute approximate surface area is 122 Å². The van der Waals surface area contributed by atoms with Crippen LogP contribution >= 0.6 is 0 Å². The molecule has 0 aliphatic carbocycles. The van der Waals surface area contributed by atoms with Gasteiger partial charge < -0.3 is 0 Å². The highest BCUT2D eigenvalue weighted by atomic mass is 16.1. The summed E-state index contributed by atoms with van der Waals surface area (Å²) in [5, 5.41) is 2.29. The predicted octanol–water partition coefficient (Wildman–Crippen LogP) is 3.30. The van der Waals surface area contributed by atoms with Crippen molar-refractivity contribution in [2.24, 2.45) is 0 Å². The van der Waals surface area contributed by atoms with Gasteiger partial charge >= 0.3 is 0 Å². The normalized spacial score (nSPS) is 13.4. The van der Waals surface area contributed by atoms with Gasteiger partial charge in [-0.15, -0.1) is 0 Å². The molecular weight excluding hydrogens is 260 g/mol. The van der Waals surface area contributed by atoms with E-state index in [1.165, 1.54) is 0 Å². The highest BCUT2D eigenvalue weighted by Crippen LogP contribution is 2.29. The lowest BCUT2D eigenvalue weighted by Crippen LogP contribution is -2.38. The van der Waals surface area contributed by atoms with Crippen molar-refractivity contribution in [1.29, 1.82) is 0 Å². The summed E-state index contributed by atoms with van der Waals surface area (Å²) in [6, 6.07) is 14.3. The Balaban J connectivity index is 2.32. The Hall–Kier alpha value is -2.42. The van der Waals surface area contributed by atoms with Gasteiger partial charge in [-0.25, -0.2) is 0 Å². The molecular formula is C18H17N2O+. The second-order valence-electron chi connectivity index (χ2n) is 5.65. The van der Waals surface area contributed by atoms with E-state index in [0.717, 1.165) is 33.7 Å². The summed E-state index contributed by atoms with van der Waals surface area (Å²) in [5.74, 6) is 0. The largest absolute Gasteiger partial charge is 0.270 e. The molecule has 3 heteroatoms. The molecule has 0 spiro atoms. The molecule has 1 unspecified atom stereocenters. The number of nitrogens with zero attached hydrogens (tertiary/aromatic N) is 2. The number of para-hydroxylation sites is 1. The highest BCUT2D eigenvalue weighted by Gasteiger charge is 2.21. The second kappa shape index (κ2) is 4.29. The molecule has 0 bridgehead atoms. The molecule has 4 aromatic rings. The maximum atomic E-state index is 12.4. The van der Waals surface area contributed by atoms with Crippen LogP contribution in [0.3, 0.4) is 0 Å². The number of fused-ring (bicyclic) bond motifs is 3. The second-order valence-corrected chi connectivity index (χ2v) is 5.65. The predicted molar refractivity (Wildman–Crippen MR) is 85.1 cm³/mol. The van der Waals surface area contributed by atoms with Crippen LogP contribution in [0.2, 0.25) is 0 Å².